The van der Waals surface area contributed by atoms with E-state index in [0.717, 1.165) is 7.11 Å². The summed E-state index contributed by atoms with van der Waals surface area (Å²) in [5.74, 6) is -6.80. The molecule has 0 aliphatic carbocycles. The Morgan fingerprint density at radius 1 is 0.697 bits per heavy atom. The number of methoxy groups -OCH3 is 1. The average molecular weight is 906 g/mol. The van der Waals surface area contributed by atoms with Crippen LogP contribution in [0.5, 0.6) is 17.2 Å². The van der Waals surface area contributed by atoms with Gasteiger partial charge in [0.1, 0.15) is 11.8 Å². The molecular formula is C45H43N7O14. The van der Waals surface area contributed by atoms with Crippen molar-refractivity contribution in [3.8, 4) is 17.2 Å². The van der Waals surface area contributed by atoms with Crippen LogP contribution in [0.25, 0.3) is 0 Å². The van der Waals surface area contributed by atoms with Crippen LogP contribution in [-0.4, -0.2) is 88.5 Å². The van der Waals surface area contributed by atoms with E-state index in [2.05, 4.69) is 26.6 Å². The zero-order valence-corrected chi connectivity index (χ0v) is 35.6. The predicted octanol–water partition coefficient (Wildman–Crippen LogP) is 5.18. The van der Waals surface area contributed by atoms with Gasteiger partial charge in [0.25, 0.3) is 29.3 Å². The molecule has 0 aromatic heterocycles. The first-order valence-corrected chi connectivity index (χ1v) is 19.8. The average Bonchev–Trinajstić information content (AvgIpc) is 3.28. The number of ether oxygens (including phenoxy) is 3. The molecule has 0 aliphatic heterocycles. The van der Waals surface area contributed by atoms with E-state index in [9.17, 15) is 53.9 Å². The number of aromatic carboxylic acids is 1. The van der Waals surface area contributed by atoms with E-state index in [0.29, 0.717) is 0 Å². The van der Waals surface area contributed by atoms with Crippen LogP contribution in [0.1, 0.15) is 72.6 Å². The second-order valence-corrected chi connectivity index (χ2v) is 14.3. The summed E-state index contributed by atoms with van der Waals surface area (Å²) in [6, 6.07) is 20.6. The van der Waals surface area contributed by atoms with Crippen molar-refractivity contribution in [3.05, 3.63) is 141 Å². The zero-order valence-electron chi connectivity index (χ0n) is 35.6. The molecule has 0 heterocycles. The van der Waals surface area contributed by atoms with E-state index >= 15 is 0 Å². The highest BCUT2D eigenvalue weighted by molar-refractivity contribution is 6.10. The molecule has 5 aromatic rings. The molecule has 0 bridgehead atoms. The minimum absolute atomic E-state index is 0.00164. The number of nitro benzene ring substituents is 1. The SMILES string of the molecule is CCOc1cc(C(=O)O)ccc1NC(=O)c1ccc(NC(=O)c2ccc(NC(=O)[C@@H](NC(=O)c3ccc(NC(=O)c4ccc([N+](=O)[O-])cc4)cc3)[C@@H](OC)C(N)=O)cc2)c(OC(C)C)c1O. The largest absolute Gasteiger partial charge is 0.504 e. The van der Waals surface area contributed by atoms with Crippen molar-refractivity contribution in [1.82, 2.24) is 5.32 Å². The first kappa shape index (κ1) is 48.2. The lowest BCUT2D eigenvalue weighted by Crippen LogP contribution is -2.56. The second kappa shape index (κ2) is 21.5. The normalized spacial score (nSPS) is 11.6. The number of nitrogens with zero attached hydrogens (tertiary/aromatic N) is 1. The lowest BCUT2D eigenvalue weighted by molar-refractivity contribution is -0.384. The summed E-state index contributed by atoms with van der Waals surface area (Å²) in [4.78, 5) is 100. The number of rotatable bonds is 19. The smallest absolute Gasteiger partial charge is 0.335 e. The first-order chi connectivity index (χ1) is 31.4. The van der Waals surface area contributed by atoms with Crippen LogP contribution in [-0.2, 0) is 14.3 Å². The van der Waals surface area contributed by atoms with Crippen LogP contribution in [0.2, 0.25) is 0 Å². The van der Waals surface area contributed by atoms with Crippen LogP contribution in [0, 0.1) is 10.1 Å². The molecule has 21 nitrogen and oxygen atoms in total. The number of non-ortho nitro benzene ring substituents is 1. The number of phenolic OH excluding ortho intramolecular Hbond substituents is 1. The fraction of sp³-hybridized carbons (Fsp3) is 0.178. The summed E-state index contributed by atoms with van der Waals surface area (Å²) >= 11 is 0. The maximum atomic E-state index is 13.6. The van der Waals surface area contributed by atoms with Crippen LogP contribution in [0.4, 0.5) is 28.4 Å². The molecule has 5 rings (SSSR count). The maximum Gasteiger partial charge on any atom is 0.335 e. The molecule has 6 amide bonds. The Hall–Kier alpha value is -8.85. The van der Waals surface area contributed by atoms with Gasteiger partial charge >= 0.3 is 5.97 Å². The zero-order chi connectivity index (χ0) is 48.2. The molecule has 21 heteroatoms. The van der Waals surface area contributed by atoms with Crippen LogP contribution >= 0.6 is 0 Å². The van der Waals surface area contributed by atoms with Crippen LogP contribution in [0.15, 0.2) is 103 Å². The van der Waals surface area contributed by atoms with E-state index in [4.69, 9.17) is 19.9 Å². The van der Waals surface area contributed by atoms with Crippen molar-refractivity contribution in [2.24, 2.45) is 5.73 Å². The van der Waals surface area contributed by atoms with Gasteiger partial charge in [-0.2, -0.15) is 0 Å². The summed E-state index contributed by atoms with van der Waals surface area (Å²) in [5, 5.41) is 44.3. The number of nitro groups is 1. The molecule has 2 atom stereocenters. The maximum absolute atomic E-state index is 13.6. The molecule has 0 saturated carbocycles. The number of carbonyl (C=O) groups excluding carboxylic acids is 6. The number of benzene rings is 5. The van der Waals surface area contributed by atoms with Crippen molar-refractivity contribution in [1.29, 1.82) is 0 Å². The highest BCUT2D eigenvalue weighted by Gasteiger charge is 2.35. The molecule has 9 N–H and O–H groups in total. The van der Waals surface area contributed by atoms with Gasteiger partial charge in [-0.3, -0.25) is 38.9 Å². The molecule has 0 aliphatic rings. The van der Waals surface area contributed by atoms with Crippen molar-refractivity contribution >= 4 is 69.8 Å². The van der Waals surface area contributed by atoms with Crippen LogP contribution < -0.4 is 41.8 Å². The van der Waals surface area contributed by atoms with E-state index < -0.39 is 70.3 Å². The van der Waals surface area contributed by atoms with Crippen LogP contribution in [0.3, 0.4) is 0 Å². The fourth-order valence-electron chi connectivity index (χ4n) is 6.11. The van der Waals surface area contributed by atoms with Gasteiger partial charge in [0.2, 0.25) is 11.8 Å². The van der Waals surface area contributed by atoms with Gasteiger partial charge in [-0.05, 0) is 112 Å². The van der Waals surface area contributed by atoms with Crippen molar-refractivity contribution in [2.75, 3.05) is 35.0 Å². The highest BCUT2D eigenvalue weighted by Crippen LogP contribution is 2.39. The molecule has 0 radical (unpaired) electrons. The number of hydrogen-bond acceptors (Lipinski definition) is 13. The quantitative estimate of drug-likeness (QED) is 0.0391. The van der Waals surface area contributed by atoms with Gasteiger partial charge in [0.05, 0.1) is 40.1 Å². The number of phenols is 1. The summed E-state index contributed by atoms with van der Waals surface area (Å²) in [7, 11) is 1.11. The fourth-order valence-corrected chi connectivity index (χ4v) is 6.11. The Kier molecular flexibility index (Phi) is 15.7. The Morgan fingerprint density at radius 3 is 1.74 bits per heavy atom. The van der Waals surface area contributed by atoms with E-state index in [-0.39, 0.29) is 74.4 Å². The van der Waals surface area contributed by atoms with E-state index in [1.807, 2.05) is 0 Å². The number of amides is 6. The molecule has 66 heavy (non-hydrogen) atoms. The van der Waals surface area contributed by atoms with Gasteiger partial charge < -0.3 is 56.7 Å². The second-order valence-electron chi connectivity index (χ2n) is 14.3. The van der Waals surface area contributed by atoms with E-state index in [1.165, 1.54) is 103 Å². The molecule has 0 spiro atoms. The third-order valence-electron chi connectivity index (χ3n) is 9.32. The van der Waals surface area contributed by atoms with Crippen molar-refractivity contribution in [3.63, 3.8) is 0 Å². The standard InChI is InChI=1S/C45H43N7O14/c1-5-65-34-22-27(45(60)61)12-20-32(34)49-43(58)31-19-21-33(37(36(31)53)66-23(2)3)50-41(56)24-6-15-29(16-7-24)48-44(59)35(38(64-4)39(46)54)51-42(57)25-8-13-28(14-9-25)47-40(55)26-10-17-30(18-11-26)52(62)63/h6-23,35,38,53H,5H2,1-4H3,(H2,46,54)(H,47,55)(H,48,59)(H,49,58)(H,50,56)(H,51,57)(H,60,61)/t35-,38+/m0/s1. The number of carbonyl (C=O) groups is 7. The van der Waals surface area contributed by atoms with Gasteiger partial charge in [0.15, 0.2) is 17.6 Å². The number of aromatic hydroxyl groups is 1. The molecule has 0 saturated heterocycles. The predicted molar refractivity (Wildman–Crippen MR) is 238 cm³/mol. The third kappa shape index (κ3) is 12.0. The number of carboxylic acids is 1. The van der Waals surface area contributed by atoms with Gasteiger partial charge in [-0.1, -0.05) is 0 Å². The molecule has 342 valence electrons. The molecule has 0 fully saturated rings. The number of carboxylic acid groups (broad SMARTS) is 1. The highest BCUT2D eigenvalue weighted by atomic mass is 16.6. The van der Waals surface area contributed by atoms with Gasteiger partial charge in [-0.15, -0.1) is 0 Å². The molecular weight excluding hydrogens is 863 g/mol. The summed E-state index contributed by atoms with van der Waals surface area (Å²) in [5.41, 5.74) is 5.77. The van der Waals surface area contributed by atoms with E-state index in [1.54, 1.807) is 20.8 Å². The Morgan fingerprint density at radius 2 is 1.21 bits per heavy atom. The monoisotopic (exact) mass is 905 g/mol. The molecule has 5 aromatic carbocycles. The Bertz CT molecular complexity index is 2670. The number of nitrogens with two attached hydrogens (primary N) is 1. The first-order valence-electron chi connectivity index (χ1n) is 19.8. The molecule has 0 unspecified atom stereocenters. The third-order valence-corrected chi connectivity index (χ3v) is 9.32. The van der Waals surface area contributed by atoms with Crippen molar-refractivity contribution < 1.29 is 62.9 Å². The summed E-state index contributed by atoms with van der Waals surface area (Å²) in [6.07, 6.45) is -2.16. The Labute approximate surface area is 375 Å². The summed E-state index contributed by atoms with van der Waals surface area (Å²) in [6.45, 7) is 5.17. The lowest BCUT2D eigenvalue weighted by Gasteiger charge is -2.24. The minimum atomic E-state index is -1.66. The summed E-state index contributed by atoms with van der Waals surface area (Å²) < 4.78 is 16.5. The van der Waals surface area contributed by atoms with Gasteiger partial charge in [-0.25, -0.2) is 4.79 Å². The van der Waals surface area contributed by atoms with Crippen molar-refractivity contribution in [2.45, 2.75) is 39.0 Å². The number of nitrogens with one attached hydrogen (secondary N) is 5. The topological polar surface area (TPSA) is 317 Å². The Balaban J connectivity index is 1.26. The van der Waals surface area contributed by atoms with Gasteiger partial charge in [0, 0.05) is 47.3 Å². The minimum Gasteiger partial charge on any atom is -0.504 e. The lowest BCUT2D eigenvalue weighted by atomic mass is 10.1. The number of hydrogen-bond donors (Lipinski definition) is 8. The number of anilines is 4. The number of primary amides is 1.